The quantitative estimate of drug-likeness (QED) is 0.583. The van der Waals surface area contributed by atoms with Gasteiger partial charge in [-0.1, -0.05) is 0 Å². The van der Waals surface area contributed by atoms with Crippen molar-refractivity contribution in [2.45, 2.75) is 12.6 Å². The number of aliphatic hydroxyl groups is 1. The number of hydrogen-bond donors (Lipinski definition) is 2. The van der Waals surface area contributed by atoms with E-state index < -0.39 is 5.72 Å². The summed E-state index contributed by atoms with van der Waals surface area (Å²) >= 11 is 1.93. The van der Waals surface area contributed by atoms with Crippen molar-refractivity contribution in [3.05, 3.63) is 28.1 Å². The highest BCUT2D eigenvalue weighted by Crippen LogP contribution is 2.15. The molecule has 0 aliphatic rings. The Morgan fingerprint density at radius 3 is 2.62 bits per heavy atom. The third kappa shape index (κ3) is 2.18. The van der Waals surface area contributed by atoms with Crippen LogP contribution in [0.2, 0.25) is 0 Å². The minimum atomic E-state index is -1.59. The summed E-state index contributed by atoms with van der Waals surface area (Å²) in [7, 11) is 0. The fourth-order valence-electron chi connectivity index (χ4n) is 1.15. The van der Waals surface area contributed by atoms with Gasteiger partial charge in [-0.2, -0.15) is 4.68 Å². The van der Waals surface area contributed by atoms with E-state index in [1.807, 2.05) is 22.6 Å². The van der Waals surface area contributed by atoms with Crippen LogP contribution in [0, 0.1) is 3.83 Å². The Balaban J connectivity index is 2.58. The largest absolute Gasteiger partial charge is 0.369 e. The Morgan fingerprint density at radius 1 is 1.44 bits per heavy atom. The molecule has 7 nitrogen and oxygen atoms in total. The molecule has 0 amide bonds. The van der Waals surface area contributed by atoms with E-state index in [0.717, 1.165) is 0 Å². The lowest BCUT2D eigenvalue weighted by Gasteiger charge is -2.15. The van der Waals surface area contributed by atoms with Crippen LogP contribution in [0.4, 0.5) is 0 Å². The van der Waals surface area contributed by atoms with Crippen molar-refractivity contribution in [1.82, 2.24) is 24.7 Å². The first-order valence-electron chi connectivity index (χ1n) is 4.40. The molecule has 2 rings (SSSR count). The van der Waals surface area contributed by atoms with Crippen LogP contribution in [0.25, 0.3) is 5.95 Å². The Morgan fingerprint density at radius 2 is 2.06 bits per heavy atom. The molecule has 0 radical (unpaired) electrons. The summed E-state index contributed by atoms with van der Waals surface area (Å²) < 4.78 is 1.78. The first kappa shape index (κ1) is 11.4. The number of rotatable bonds is 2. The third-order valence-electron chi connectivity index (χ3n) is 1.78. The van der Waals surface area contributed by atoms with Crippen LogP contribution in [-0.4, -0.2) is 29.8 Å². The van der Waals surface area contributed by atoms with Crippen LogP contribution < -0.4 is 5.73 Å². The van der Waals surface area contributed by atoms with Crippen LogP contribution in [0.1, 0.15) is 12.7 Å². The van der Waals surface area contributed by atoms with Gasteiger partial charge in [-0.25, -0.2) is 15.0 Å². The second-order valence-electron chi connectivity index (χ2n) is 3.31. The summed E-state index contributed by atoms with van der Waals surface area (Å²) in [6, 6.07) is 1.69. The summed E-state index contributed by atoms with van der Waals surface area (Å²) in [6.45, 7) is 1.42. The maximum atomic E-state index is 9.74. The monoisotopic (exact) mass is 332 g/mol. The predicted octanol–water partition coefficient (Wildman–Crippen LogP) is -0.214. The lowest BCUT2D eigenvalue weighted by molar-refractivity contribution is 0.0524. The minimum absolute atomic E-state index is 0.197. The molecule has 8 heteroatoms. The molecule has 0 saturated heterocycles. The van der Waals surface area contributed by atoms with Crippen LogP contribution in [0.3, 0.4) is 0 Å². The average Bonchev–Trinajstić information content (AvgIpc) is 2.61. The van der Waals surface area contributed by atoms with E-state index in [9.17, 15) is 5.11 Å². The maximum absolute atomic E-state index is 9.74. The maximum Gasteiger partial charge on any atom is 0.252 e. The van der Waals surface area contributed by atoms with Gasteiger partial charge in [0.1, 0.15) is 0 Å². The molecule has 2 aromatic rings. The molecule has 0 aliphatic carbocycles. The standard InChI is InChI=1S/C8H9IN6O/c1-8(10,16)5-13-6(9)14-15(5)7-11-3-2-4-12-7/h2-4,16H,10H2,1H3/t8-/m0/s1. The lowest BCUT2D eigenvalue weighted by atomic mass is 10.3. The molecule has 0 unspecified atom stereocenters. The Bertz CT molecular complexity index is 491. The SMILES string of the molecule is C[C@](N)(O)c1nc(I)nn1-c1ncccn1. The van der Waals surface area contributed by atoms with Gasteiger partial charge in [0.15, 0.2) is 11.5 Å². The molecule has 2 heterocycles. The van der Waals surface area contributed by atoms with Gasteiger partial charge >= 0.3 is 0 Å². The number of nitrogens with two attached hydrogens (primary N) is 1. The van der Waals surface area contributed by atoms with Crippen LogP contribution >= 0.6 is 22.6 Å². The van der Waals surface area contributed by atoms with Crippen molar-refractivity contribution >= 4 is 22.6 Å². The normalized spacial score (nSPS) is 14.8. The van der Waals surface area contributed by atoms with Crippen molar-refractivity contribution in [1.29, 1.82) is 0 Å². The Kier molecular flexibility index (Phi) is 2.86. The second kappa shape index (κ2) is 4.03. The van der Waals surface area contributed by atoms with Gasteiger partial charge in [0.05, 0.1) is 0 Å². The van der Waals surface area contributed by atoms with Crippen molar-refractivity contribution in [3.63, 3.8) is 0 Å². The highest BCUT2D eigenvalue weighted by atomic mass is 127. The fraction of sp³-hybridized carbons (Fsp3) is 0.250. The second-order valence-corrected chi connectivity index (χ2v) is 4.28. The van der Waals surface area contributed by atoms with E-state index in [1.54, 1.807) is 18.5 Å². The zero-order valence-electron chi connectivity index (χ0n) is 8.37. The van der Waals surface area contributed by atoms with E-state index in [1.165, 1.54) is 11.6 Å². The summed E-state index contributed by atoms with van der Waals surface area (Å²) in [5, 5.41) is 13.8. The van der Waals surface area contributed by atoms with Gasteiger partial charge in [-0.3, -0.25) is 5.73 Å². The molecule has 0 spiro atoms. The molecule has 2 aromatic heterocycles. The molecule has 0 aromatic carbocycles. The molecule has 1 atom stereocenters. The van der Waals surface area contributed by atoms with Gasteiger partial charge in [-0.05, 0) is 13.0 Å². The molecule has 0 aliphatic heterocycles. The van der Waals surface area contributed by atoms with E-state index >= 15 is 0 Å². The van der Waals surface area contributed by atoms with Crippen molar-refractivity contribution in [3.8, 4) is 5.95 Å². The van der Waals surface area contributed by atoms with Gasteiger partial charge in [0, 0.05) is 35.0 Å². The molecule has 84 valence electrons. The van der Waals surface area contributed by atoms with E-state index in [2.05, 4.69) is 20.1 Å². The van der Waals surface area contributed by atoms with E-state index in [-0.39, 0.29) is 5.82 Å². The highest BCUT2D eigenvalue weighted by molar-refractivity contribution is 14.1. The molecular weight excluding hydrogens is 323 g/mol. The summed E-state index contributed by atoms with van der Waals surface area (Å²) in [5.74, 6) is 0.516. The highest BCUT2D eigenvalue weighted by Gasteiger charge is 2.26. The smallest absolute Gasteiger partial charge is 0.252 e. The topological polar surface area (TPSA) is 103 Å². The van der Waals surface area contributed by atoms with E-state index in [4.69, 9.17) is 5.73 Å². The third-order valence-corrected chi connectivity index (χ3v) is 2.23. The number of hydrogen-bond acceptors (Lipinski definition) is 6. The zero-order valence-corrected chi connectivity index (χ0v) is 10.5. The molecule has 0 saturated carbocycles. The first-order chi connectivity index (χ1) is 7.48. The van der Waals surface area contributed by atoms with Crippen molar-refractivity contribution in [2.24, 2.45) is 5.73 Å². The van der Waals surface area contributed by atoms with Crippen LogP contribution in [0.15, 0.2) is 18.5 Å². The Labute approximate surface area is 105 Å². The van der Waals surface area contributed by atoms with Crippen molar-refractivity contribution < 1.29 is 5.11 Å². The van der Waals surface area contributed by atoms with Crippen LogP contribution in [0.5, 0.6) is 0 Å². The van der Waals surface area contributed by atoms with Gasteiger partial charge in [-0.15, -0.1) is 5.10 Å². The summed E-state index contributed by atoms with van der Waals surface area (Å²) in [6.07, 6.45) is 3.15. The average molecular weight is 332 g/mol. The minimum Gasteiger partial charge on any atom is -0.369 e. The van der Waals surface area contributed by atoms with Crippen molar-refractivity contribution in [2.75, 3.05) is 0 Å². The molecule has 16 heavy (non-hydrogen) atoms. The van der Waals surface area contributed by atoms with Crippen LogP contribution in [-0.2, 0) is 5.72 Å². The lowest BCUT2D eigenvalue weighted by Crippen LogP contribution is -2.36. The van der Waals surface area contributed by atoms with Gasteiger partial charge in [0.2, 0.25) is 3.83 Å². The predicted molar refractivity (Wildman–Crippen MR) is 63.4 cm³/mol. The molecule has 0 bridgehead atoms. The zero-order chi connectivity index (χ0) is 11.8. The summed E-state index contributed by atoms with van der Waals surface area (Å²) in [5.41, 5.74) is 3.99. The van der Waals surface area contributed by atoms with E-state index in [0.29, 0.717) is 9.78 Å². The fourth-order valence-corrected chi connectivity index (χ4v) is 1.60. The first-order valence-corrected chi connectivity index (χ1v) is 5.48. The molecular formula is C8H9IN6O. The summed E-state index contributed by atoms with van der Waals surface area (Å²) in [4.78, 5) is 12.1. The Hall–Kier alpha value is -1.13. The molecule has 3 N–H and O–H groups in total. The molecule has 0 fully saturated rings. The number of halogens is 1. The van der Waals surface area contributed by atoms with Gasteiger partial charge in [0.25, 0.3) is 5.95 Å². The number of aromatic nitrogens is 5. The number of nitrogens with zero attached hydrogens (tertiary/aromatic N) is 5. The van der Waals surface area contributed by atoms with Gasteiger partial charge < -0.3 is 5.11 Å².